The summed E-state index contributed by atoms with van der Waals surface area (Å²) in [5, 5.41) is 9.77. The largest absolute Gasteiger partial charge is 0.493 e. The fourth-order valence-corrected chi connectivity index (χ4v) is 2.73. The molecule has 1 aliphatic heterocycles. The molecule has 0 bridgehead atoms. The molecule has 1 heterocycles. The Labute approximate surface area is 158 Å². The van der Waals surface area contributed by atoms with E-state index in [0.29, 0.717) is 48.4 Å². The number of ether oxygens (including phenoxy) is 3. The van der Waals surface area contributed by atoms with Gasteiger partial charge in [-0.25, -0.2) is 0 Å². The van der Waals surface area contributed by atoms with E-state index in [9.17, 15) is 10.1 Å². The number of halogens is 1. The van der Waals surface area contributed by atoms with Gasteiger partial charge in [-0.2, -0.15) is 5.26 Å². The van der Waals surface area contributed by atoms with Gasteiger partial charge in [-0.1, -0.05) is 18.5 Å². The first-order valence-corrected chi connectivity index (χ1v) is 8.91. The van der Waals surface area contributed by atoms with Gasteiger partial charge in [0.05, 0.1) is 31.5 Å². The maximum absolute atomic E-state index is 12.5. The standard InChI is InChI=1S/C19H23ClN2O4/c1-4-13(2)26-18-16(20)10-14(11-17(18)24-3)9-15(12-21)19(23)22-5-7-25-8-6-22/h9-11,13H,4-8H2,1-3H3/b15-9-. The fraction of sp³-hybridized carbons (Fsp3) is 0.474. The molecule has 1 aliphatic rings. The topological polar surface area (TPSA) is 71.8 Å². The van der Waals surface area contributed by atoms with Crippen LogP contribution >= 0.6 is 11.6 Å². The van der Waals surface area contributed by atoms with Gasteiger partial charge in [0.2, 0.25) is 0 Å². The molecule has 1 aromatic carbocycles. The number of hydrogen-bond donors (Lipinski definition) is 0. The summed E-state index contributed by atoms with van der Waals surface area (Å²) in [5.74, 6) is 0.602. The molecule has 1 unspecified atom stereocenters. The predicted molar refractivity (Wildman–Crippen MR) is 99.4 cm³/mol. The van der Waals surface area contributed by atoms with E-state index in [2.05, 4.69) is 0 Å². The molecule has 0 spiro atoms. The van der Waals surface area contributed by atoms with Crippen LogP contribution in [0.5, 0.6) is 11.5 Å². The van der Waals surface area contributed by atoms with Gasteiger partial charge < -0.3 is 19.1 Å². The van der Waals surface area contributed by atoms with Crippen molar-refractivity contribution < 1.29 is 19.0 Å². The summed E-state index contributed by atoms with van der Waals surface area (Å²) in [5.41, 5.74) is 0.641. The van der Waals surface area contributed by atoms with Crippen molar-refractivity contribution in [3.05, 3.63) is 28.3 Å². The number of benzene rings is 1. The number of rotatable bonds is 6. The highest BCUT2D eigenvalue weighted by molar-refractivity contribution is 6.32. The Balaban J connectivity index is 2.31. The number of nitrogens with zero attached hydrogens (tertiary/aromatic N) is 2. The van der Waals surface area contributed by atoms with Gasteiger partial charge in [-0.3, -0.25) is 4.79 Å². The summed E-state index contributed by atoms with van der Waals surface area (Å²) in [7, 11) is 1.52. The second kappa shape index (κ2) is 9.46. The molecular weight excluding hydrogens is 356 g/mol. The van der Waals surface area contributed by atoms with E-state index >= 15 is 0 Å². The second-order valence-corrected chi connectivity index (χ2v) is 6.35. The van der Waals surface area contributed by atoms with E-state index < -0.39 is 0 Å². The lowest BCUT2D eigenvalue weighted by molar-refractivity contribution is -0.130. The number of methoxy groups -OCH3 is 1. The lowest BCUT2D eigenvalue weighted by Crippen LogP contribution is -2.41. The first-order chi connectivity index (χ1) is 12.5. The minimum Gasteiger partial charge on any atom is -0.493 e. The Morgan fingerprint density at radius 3 is 2.73 bits per heavy atom. The van der Waals surface area contributed by atoms with Crippen LogP contribution in [-0.2, 0) is 9.53 Å². The number of amides is 1. The highest BCUT2D eigenvalue weighted by Gasteiger charge is 2.21. The summed E-state index contributed by atoms with van der Waals surface area (Å²) in [6.45, 7) is 5.86. The summed E-state index contributed by atoms with van der Waals surface area (Å²) < 4.78 is 16.4. The van der Waals surface area contributed by atoms with Crippen molar-refractivity contribution in [2.75, 3.05) is 33.4 Å². The van der Waals surface area contributed by atoms with Crippen LogP contribution < -0.4 is 9.47 Å². The average Bonchev–Trinajstić information content (AvgIpc) is 2.67. The van der Waals surface area contributed by atoms with E-state index in [-0.39, 0.29) is 17.6 Å². The van der Waals surface area contributed by atoms with Crippen molar-refractivity contribution in [1.29, 1.82) is 5.26 Å². The first-order valence-electron chi connectivity index (χ1n) is 8.53. The van der Waals surface area contributed by atoms with Crippen molar-refractivity contribution in [3.63, 3.8) is 0 Å². The van der Waals surface area contributed by atoms with Gasteiger partial charge in [0, 0.05) is 13.1 Å². The Morgan fingerprint density at radius 2 is 2.15 bits per heavy atom. The predicted octanol–water partition coefficient (Wildman–Crippen LogP) is 3.29. The Kier molecular flexibility index (Phi) is 7.31. The van der Waals surface area contributed by atoms with Crippen LogP contribution in [0.1, 0.15) is 25.8 Å². The Hall–Kier alpha value is -2.23. The smallest absolute Gasteiger partial charge is 0.264 e. The van der Waals surface area contributed by atoms with Crippen LogP contribution in [0.2, 0.25) is 5.02 Å². The van der Waals surface area contributed by atoms with E-state index in [1.165, 1.54) is 13.2 Å². The molecule has 0 saturated carbocycles. The zero-order valence-corrected chi connectivity index (χ0v) is 16.0. The van der Waals surface area contributed by atoms with Crippen LogP contribution in [0.25, 0.3) is 6.08 Å². The molecule has 0 aliphatic carbocycles. The van der Waals surface area contributed by atoms with Gasteiger partial charge in [-0.15, -0.1) is 0 Å². The third-order valence-corrected chi connectivity index (χ3v) is 4.39. The summed E-state index contributed by atoms with van der Waals surface area (Å²) in [6.07, 6.45) is 2.33. The zero-order valence-electron chi connectivity index (χ0n) is 15.3. The molecule has 6 nitrogen and oxygen atoms in total. The Morgan fingerprint density at radius 1 is 1.46 bits per heavy atom. The molecule has 0 N–H and O–H groups in total. The van der Waals surface area contributed by atoms with Gasteiger partial charge in [-0.05, 0) is 37.1 Å². The van der Waals surface area contributed by atoms with Gasteiger partial charge in [0.15, 0.2) is 11.5 Å². The zero-order chi connectivity index (χ0) is 19.1. The molecule has 1 fully saturated rings. The molecular formula is C19H23ClN2O4. The molecule has 26 heavy (non-hydrogen) atoms. The summed E-state index contributed by atoms with van der Waals surface area (Å²) >= 11 is 6.34. The maximum Gasteiger partial charge on any atom is 0.264 e. The molecule has 1 saturated heterocycles. The fourth-order valence-electron chi connectivity index (χ4n) is 2.47. The minimum atomic E-state index is -0.314. The summed E-state index contributed by atoms with van der Waals surface area (Å²) in [4.78, 5) is 14.1. The number of carbonyl (C=O) groups excluding carboxylic acids is 1. The highest BCUT2D eigenvalue weighted by Crippen LogP contribution is 2.38. The van der Waals surface area contributed by atoms with Crippen LogP contribution in [-0.4, -0.2) is 50.3 Å². The third-order valence-electron chi connectivity index (χ3n) is 4.11. The van der Waals surface area contributed by atoms with Crippen LogP contribution in [0.15, 0.2) is 17.7 Å². The van der Waals surface area contributed by atoms with Crippen molar-refractivity contribution in [3.8, 4) is 17.6 Å². The number of hydrogen-bond acceptors (Lipinski definition) is 5. The molecule has 2 rings (SSSR count). The summed E-state index contributed by atoms with van der Waals surface area (Å²) in [6, 6.07) is 5.33. The molecule has 0 aromatic heterocycles. The van der Waals surface area contributed by atoms with E-state index in [1.807, 2.05) is 19.9 Å². The molecule has 7 heteroatoms. The van der Waals surface area contributed by atoms with Crippen molar-refractivity contribution in [2.45, 2.75) is 26.4 Å². The van der Waals surface area contributed by atoms with Crippen molar-refractivity contribution in [2.24, 2.45) is 0 Å². The maximum atomic E-state index is 12.5. The number of morpholine rings is 1. The molecule has 0 radical (unpaired) electrons. The highest BCUT2D eigenvalue weighted by atomic mass is 35.5. The molecule has 1 aromatic rings. The van der Waals surface area contributed by atoms with Crippen molar-refractivity contribution >= 4 is 23.6 Å². The monoisotopic (exact) mass is 378 g/mol. The van der Waals surface area contributed by atoms with Crippen LogP contribution in [0, 0.1) is 11.3 Å². The Bertz CT molecular complexity index is 721. The van der Waals surface area contributed by atoms with E-state index in [0.717, 1.165) is 6.42 Å². The van der Waals surface area contributed by atoms with Gasteiger partial charge >= 0.3 is 0 Å². The normalized spacial score (nSPS) is 16.0. The SMILES string of the molecule is CCC(C)Oc1c(Cl)cc(/C=C(/C#N)C(=O)N2CCOCC2)cc1OC. The van der Waals surface area contributed by atoms with Crippen LogP contribution in [0.3, 0.4) is 0 Å². The average molecular weight is 379 g/mol. The lowest BCUT2D eigenvalue weighted by atomic mass is 10.1. The first kappa shape index (κ1) is 20.1. The molecule has 140 valence electrons. The van der Waals surface area contributed by atoms with E-state index in [1.54, 1.807) is 17.0 Å². The van der Waals surface area contributed by atoms with Gasteiger partial charge in [0.1, 0.15) is 11.6 Å². The minimum absolute atomic E-state index is 0.0136. The number of nitriles is 1. The van der Waals surface area contributed by atoms with E-state index in [4.69, 9.17) is 25.8 Å². The molecule has 1 amide bonds. The van der Waals surface area contributed by atoms with Crippen molar-refractivity contribution in [1.82, 2.24) is 4.90 Å². The molecule has 1 atom stereocenters. The van der Waals surface area contributed by atoms with Gasteiger partial charge in [0.25, 0.3) is 5.91 Å². The van der Waals surface area contributed by atoms with Crippen LogP contribution in [0.4, 0.5) is 0 Å². The number of carbonyl (C=O) groups is 1. The lowest BCUT2D eigenvalue weighted by Gasteiger charge is -2.26. The quantitative estimate of drug-likeness (QED) is 0.561. The second-order valence-electron chi connectivity index (χ2n) is 5.95. The third kappa shape index (κ3) is 4.90.